The van der Waals surface area contributed by atoms with Crippen LogP contribution in [0.1, 0.15) is 25.8 Å². The zero-order chi connectivity index (χ0) is 11.1. The fourth-order valence-corrected chi connectivity index (χ4v) is 1.78. The van der Waals surface area contributed by atoms with Crippen molar-refractivity contribution in [3.8, 4) is 0 Å². The van der Waals surface area contributed by atoms with E-state index in [-0.39, 0.29) is 5.41 Å². The largest absolute Gasteiger partial charge is 0.376 e. The zero-order valence-corrected chi connectivity index (χ0v) is 11.1. The molecule has 0 aliphatic carbocycles. The van der Waals surface area contributed by atoms with E-state index in [4.69, 9.17) is 4.74 Å². The third-order valence-electron chi connectivity index (χ3n) is 2.74. The number of hydrogen-bond acceptors (Lipinski definition) is 1. The van der Waals surface area contributed by atoms with Gasteiger partial charge in [-0.15, -0.1) is 0 Å². The van der Waals surface area contributed by atoms with Crippen LogP contribution in [0.5, 0.6) is 0 Å². The van der Waals surface area contributed by atoms with Crippen LogP contribution in [0.3, 0.4) is 0 Å². The Morgan fingerprint density at radius 2 is 1.93 bits per heavy atom. The summed E-state index contributed by atoms with van der Waals surface area (Å²) in [5, 5.41) is 0.991. The highest BCUT2D eigenvalue weighted by atomic mass is 79.9. The van der Waals surface area contributed by atoms with Crippen LogP contribution in [0, 0.1) is 5.41 Å². The monoisotopic (exact) mass is 270 g/mol. The summed E-state index contributed by atoms with van der Waals surface area (Å²) >= 11 is 3.54. The molecule has 0 aliphatic heterocycles. The molecule has 1 aromatic carbocycles. The minimum absolute atomic E-state index is 0.259. The normalized spacial score (nSPS) is 14.9. The van der Waals surface area contributed by atoms with Crippen molar-refractivity contribution in [1.29, 1.82) is 0 Å². The molecule has 1 aromatic rings. The molecule has 0 aliphatic rings. The van der Waals surface area contributed by atoms with E-state index in [0.29, 0.717) is 6.61 Å². The molecule has 1 rings (SSSR count). The van der Waals surface area contributed by atoms with Gasteiger partial charge in [-0.1, -0.05) is 60.1 Å². The van der Waals surface area contributed by atoms with Gasteiger partial charge in [-0.2, -0.15) is 0 Å². The SMILES string of the molecule is CCC(C)(CBr)COCc1ccccc1. The summed E-state index contributed by atoms with van der Waals surface area (Å²) in [5.41, 5.74) is 1.50. The summed E-state index contributed by atoms with van der Waals surface area (Å²) in [7, 11) is 0. The Hall–Kier alpha value is -0.340. The fourth-order valence-electron chi connectivity index (χ4n) is 1.22. The highest BCUT2D eigenvalue weighted by Gasteiger charge is 2.20. The smallest absolute Gasteiger partial charge is 0.0717 e. The topological polar surface area (TPSA) is 9.23 Å². The van der Waals surface area contributed by atoms with Crippen molar-refractivity contribution >= 4 is 15.9 Å². The van der Waals surface area contributed by atoms with Crippen molar-refractivity contribution in [3.05, 3.63) is 35.9 Å². The van der Waals surface area contributed by atoms with E-state index in [0.717, 1.165) is 18.4 Å². The molecule has 0 amide bonds. The third-order valence-corrected chi connectivity index (χ3v) is 4.09. The van der Waals surface area contributed by atoms with Crippen LogP contribution in [-0.2, 0) is 11.3 Å². The molecular weight excluding hydrogens is 252 g/mol. The molecule has 2 heteroatoms. The lowest BCUT2D eigenvalue weighted by molar-refractivity contribution is 0.0524. The molecule has 15 heavy (non-hydrogen) atoms. The fraction of sp³-hybridized carbons (Fsp3) is 0.538. The number of rotatable bonds is 6. The van der Waals surface area contributed by atoms with Gasteiger partial charge < -0.3 is 4.74 Å². The first-order valence-electron chi connectivity index (χ1n) is 5.38. The Labute approximate surface area is 101 Å². The van der Waals surface area contributed by atoms with Gasteiger partial charge in [0.05, 0.1) is 13.2 Å². The van der Waals surface area contributed by atoms with Gasteiger partial charge in [0.25, 0.3) is 0 Å². The maximum Gasteiger partial charge on any atom is 0.0717 e. The van der Waals surface area contributed by atoms with Crippen LogP contribution in [0.15, 0.2) is 30.3 Å². The summed E-state index contributed by atoms with van der Waals surface area (Å²) in [6, 6.07) is 10.3. The van der Waals surface area contributed by atoms with Gasteiger partial charge in [-0.25, -0.2) is 0 Å². The van der Waals surface area contributed by atoms with E-state index in [2.05, 4.69) is 41.9 Å². The number of alkyl halides is 1. The minimum Gasteiger partial charge on any atom is -0.376 e. The van der Waals surface area contributed by atoms with Crippen LogP contribution in [0.25, 0.3) is 0 Å². The summed E-state index contributed by atoms with van der Waals surface area (Å²) in [5.74, 6) is 0. The van der Waals surface area contributed by atoms with Crippen molar-refractivity contribution in [2.24, 2.45) is 5.41 Å². The Morgan fingerprint density at radius 3 is 2.47 bits per heavy atom. The standard InChI is InChI=1S/C13H19BrO/c1-3-13(2,10-14)11-15-9-12-7-5-4-6-8-12/h4-8H,3,9-11H2,1-2H3. The van der Waals surface area contributed by atoms with Crippen LogP contribution < -0.4 is 0 Å². The molecule has 0 saturated carbocycles. The first kappa shape index (κ1) is 12.7. The Kier molecular flexibility index (Phi) is 5.34. The Balaban J connectivity index is 2.33. The summed E-state index contributed by atoms with van der Waals surface area (Å²) < 4.78 is 5.74. The average Bonchev–Trinajstić information content (AvgIpc) is 2.30. The predicted molar refractivity (Wildman–Crippen MR) is 68.3 cm³/mol. The Morgan fingerprint density at radius 1 is 1.27 bits per heavy atom. The van der Waals surface area contributed by atoms with E-state index in [9.17, 15) is 0 Å². The number of benzene rings is 1. The van der Waals surface area contributed by atoms with Gasteiger partial charge in [0, 0.05) is 10.7 Å². The molecule has 1 unspecified atom stereocenters. The van der Waals surface area contributed by atoms with Gasteiger partial charge in [-0.3, -0.25) is 0 Å². The molecule has 0 radical (unpaired) electrons. The zero-order valence-electron chi connectivity index (χ0n) is 9.50. The first-order valence-corrected chi connectivity index (χ1v) is 6.50. The van der Waals surface area contributed by atoms with E-state index in [1.165, 1.54) is 5.56 Å². The van der Waals surface area contributed by atoms with Crippen LogP contribution >= 0.6 is 15.9 Å². The Bertz CT molecular complexity index is 267. The molecule has 0 spiro atoms. The van der Waals surface area contributed by atoms with E-state index in [1.54, 1.807) is 0 Å². The molecule has 0 bridgehead atoms. The second kappa shape index (κ2) is 6.29. The van der Waals surface area contributed by atoms with Gasteiger partial charge in [0.2, 0.25) is 0 Å². The van der Waals surface area contributed by atoms with Crippen LogP contribution in [0.4, 0.5) is 0 Å². The van der Waals surface area contributed by atoms with Gasteiger partial charge in [0.15, 0.2) is 0 Å². The van der Waals surface area contributed by atoms with Gasteiger partial charge >= 0.3 is 0 Å². The minimum atomic E-state index is 0.259. The van der Waals surface area contributed by atoms with Crippen molar-refractivity contribution in [2.45, 2.75) is 26.9 Å². The summed E-state index contributed by atoms with van der Waals surface area (Å²) in [4.78, 5) is 0. The number of hydrogen-bond donors (Lipinski definition) is 0. The highest BCUT2D eigenvalue weighted by molar-refractivity contribution is 9.09. The highest BCUT2D eigenvalue weighted by Crippen LogP contribution is 2.24. The van der Waals surface area contributed by atoms with E-state index < -0.39 is 0 Å². The maximum absolute atomic E-state index is 5.74. The van der Waals surface area contributed by atoms with Gasteiger partial charge in [-0.05, 0) is 12.0 Å². The average molecular weight is 271 g/mol. The lowest BCUT2D eigenvalue weighted by Gasteiger charge is -2.25. The molecule has 0 aromatic heterocycles. The molecule has 1 atom stereocenters. The van der Waals surface area contributed by atoms with Crippen molar-refractivity contribution in [3.63, 3.8) is 0 Å². The molecule has 84 valence electrons. The quantitative estimate of drug-likeness (QED) is 0.710. The maximum atomic E-state index is 5.74. The molecule has 0 saturated heterocycles. The lowest BCUT2D eigenvalue weighted by atomic mass is 9.91. The van der Waals surface area contributed by atoms with Crippen LogP contribution in [-0.4, -0.2) is 11.9 Å². The van der Waals surface area contributed by atoms with E-state index >= 15 is 0 Å². The lowest BCUT2D eigenvalue weighted by Crippen LogP contribution is -2.24. The van der Waals surface area contributed by atoms with Gasteiger partial charge in [0.1, 0.15) is 0 Å². The number of halogens is 1. The molecular formula is C13H19BrO. The summed E-state index contributed by atoms with van der Waals surface area (Å²) in [6.07, 6.45) is 1.13. The molecule has 0 fully saturated rings. The summed E-state index contributed by atoms with van der Waals surface area (Å²) in [6.45, 7) is 5.97. The third kappa shape index (κ3) is 4.35. The predicted octanol–water partition coefficient (Wildman–Crippen LogP) is 4.01. The second-order valence-corrected chi connectivity index (χ2v) is 4.84. The molecule has 0 N–H and O–H groups in total. The van der Waals surface area contributed by atoms with E-state index in [1.807, 2.05) is 18.2 Å². The van der Waals surface area contributed by atoms with Crippen molar-refractivity contribution in [2.75, 3.05) is 11.9 Å². The first-order chi connectivity index (χ1) is 7.20. The molecule has 1 nitrogen and oxygen atoms in total. The van der Waals surface area contributed by atoms with Crippen molar-refractivity contribution in [1.82, 2.24) is 0 Å². The molecule has 0 heterocycles. The van der Waals surface area contributed by atoms with Crippen LogP contribution in [0.2, 0.25) is 0 Å². The van der Waals surface area contributed by atoms with Crippen molar-refractivity contribution < 1.29 is 4.74 Å². The second-order valence-electron chi connectivity index (χ2n) is 4.28. The number of ether oxygens (including phenoxy) is 1.